The number of phosphoric ester groups is 1. The summed E-state index contributed by atoms with van der Waals surface area (Å²) in [5.41, 5.74) is 0. The molecule has 0 saturated carbocycles. The Labute approximate surface area is 291 Å². The van der Waals surface area contributed by atoms with Gasteiger partial charge in [0.15, 0.2) is 0 Å². The summed E-state index contributed by atoms with van der Waals surface area (Å²) >= 11 is 0. The molecule has 2 atom stereocenters. The second-order valence-electron chi connectivity index (χ2n) is 14.3. The van der Waals surface area contributed by atoms with Crippen molar-refractivity contribution in [2.75, 3.05) is 6.61 Å². The highest BCUT2D eigenvalue weighted by molar-refractivity contribution is 7.46. The largest absolute Gasteiger partial charge is 0.469 e. The van der Waals surface area contributed by atoms with Gasteiger partial charge in [0.25, 0.3) is 0 Å². The molecule has 7 nitrogen and oxygen atoms in total. The predicted molar refractivity (Wildman–Crippen MR) is 200 cm³/mol. The van der Waals surface area contributed by atoms with Crippen LogP contribution in [0.2, 0.25) is 0 Å². The molecule has 0 radical (unpaired) electrons. The molecule has 0 aromatic rings. The van der Waals surface area contributed by atoms with Crippen molar-refractivity contribution in [1.82, 2.24) is 5.32 Å². The van der Waals surface area contributed by atoms with Gasteiger partial charge in [0.05, 0.1) is 18.8 Å². The molecular formula is C39H80NO6P. The zero-order chi connectivity index (χ0) is 34.7. The molecule has 0 heterocycles. The summed E-state index contributed by atoms with van der Waals surface area (Å²) in [5, 5.41) is 13.5. The van der Waals surface area contributed by atoms with Gasteiger partial charge in [-0.25, -0.2) is 4.57 Å². The van der Waals surface area contributed by atoms with E-state index in [1.807, 2.05) is 0 Å². The SMILES string of the molecule is CCCCCCCCCCCCCCCCCCCCCC(=O)N[C@@H](COP(=O)(O)O)[C@H](O)CCCCCCCCCCCCCC. The zero-order valence-electron chi connectivity index (χ0n) is 31.2. The second-order valence-corrected chi connectivity index (χ2v) is 15.6. The molecule has 0 bridgehead atoms. The highest BCUT2D eigenvalue weighted by Gasteiger charge is 2.25. The lowest BCUT2D eigenvalue weighted by atomic mass is 10.0. The molecule has 0 aliphatic carbocycles. The number of aliphatic hydroxyl groups is 1. The molecule has 0 aliphatic rings. The van der Waals surface area contributed by atoms with Gasteiger partial charge in [-0.1, -0.05) is 206 Å². The molecule has 1 amide bonds. The van der Waals surface area contributed by atoms with Crippen molar-refractivity contribution in [1.29, 1.82) is 0 Å². The lowest BCUT2D eigenvalue weighted by molar-refractivity contribution is -0.123. The molecule has 0 fully saturated rings. The first kappa shape index (κ1) is 46.5. The van der Waals surface area contributed by atoms with Crippen LogP contribution in [0.3, 0.4) is 0 Å². The van der Waals surface area contributed by atoms with E-state index in [9.17, 15) is 14.5 Å². The Balaban J connectivity index is 3.85. The molecule has 0 unspecified atom stereocenters. The molecule has 0 aromatic heterocycles. The molecule has 0 aromatic carbocycles. The minimum Gasteiger partial charge on any atom is -0.391 e. The second kappa shape index (κ2) is 35.4. The summed E-state index contributed by atoms with van der Waals surface area (Å²) in [6, 6.07) is -0.817. The average Bonchev–Trinajstić information content (AvgIpc) is 3.04. The van der Waals surface area contributed by atoms with Gasteiger partial charge in [-0.2, -0.15) is 0 Å². The van der Waals surface area contributed by atoms with Gasteiger partial charge in [0, 0.05) is 6.42 Å². The third-order valence-corrected chi connectivity index (χ3v) is 10.1. The predicted octanol–water partition coefficient (Wildman–Crippen LogP) is 11.9. The quantitative estimate of drug-likeness (QED) is 0.0379. The summed E-state index contributed by atoms with van der Waals surface area (Å²) in [4.78, 5) is 30.9. The minimum atomic E-state index is -4.68. The van der Waals surface area contributed by atoms with Crippen LogP contribution in [0.4, 0.5) is 0 Å². The van der Waals surface area contributed by atoms with Crippen LogP contribution in [0.5, 0.6) is 0 Å². The van der Waals surface area contributed by atoms with Crippen molar-refractivity contribution < 1.29 is 28.8 Å². The minimum absolute atomic E-state index is 0.190. The molecule has 0 rings (SSSR count). The van der Waals surface area contributed by atoms with Crippen LogP contribution >= 0.6 is 7.82 Å². The van der Waals surface area contributed by atoms with E-state index in [2.05, 4.69) is 23.7 Å². The van der Waals surface area contributed by atoms with Crippen molar-refractivity contribution in [2.24, 2.45) is 0 Å². The first-order valence-corrected chi connectivity index (χ1v) is 22.0. The molecule has 8 heteroatoms. The van der Waals surface area contributed by atoms with Crippen LogP contribution < -0.4 is 5.32 Å². The Morgan fingerprint density at radius 1 is 0.532 bits per heavy atom. The smallest absolute Gasteiger partial charge is 0.391 e. The van der Waals surface area contributed by atoms with Gasteiger partial charge < -0.3 is 20.2 Å². The highest BCUT2D eigenvalue weighted by Crippen LogP contribution is 2.36. The Morgan fingerprint density at radius 3 is 1.15 bits per heavy atom. The molecule has 4 N–H and O–H groups in total. The van der Waals surface area contributed by atoms with Crippen molar-refractivity contribution in [2.45, 2.75) is 238 Å². The fourth-order valence-corrected chi connectivity index (χ4v) is 6.82. The van der Waals surface area contributed by atoms with Crippen LogP contribution in [0, 0.1) is 0 Å². The molecular weight excluding hydrogens is 609 g/mol. The van der Waals surface area contributed by atoms with Crippen molar-refractivity contribution in [3.05, 3.63) is 0 Å². The van der Waals surface area contributed by atoms with E-state index in [0.717, 1.165) is 38.5 Å². The Kier molecular flexibility index (Phi) is 35.0. The number of hydrogen-bond donors (Lipinski definition) is 4. The number of amides is 1. The van der Waals surface area contributed by atoms with Gasteiger partial charge in [-0.05, 0) is 12.8 Å². The van der Waals surface area contributed by atoms with Crippen molar-refractivity contribution in [3.8, 4) is 0 Å². The number of hydrogen-bond acceptors (Lipinski definition) is 4. The Morgan fingerprint density at radius 2 is 0.830 bits per heavy atom. The summed E-state index contributed by atoms with van der Waals surface area (Å²) in [5.74, 6) is -0.190. The van der Waals surface area contributed by atoms with Gasteiger partial charge in [0.1, 0.15) is 0 Å². The molecule has 47 heavy (non-hydrogen) atoms. The normalized spacial score (nSPS) is 13.2. The van der Waals surface area contributed by atoms with E-state index >= 15 is 0 Å². The van der Waals surface area contributed by atoms with E-state index in [1.54, 1.807) is 0 Å². The van der Waals surface area contributed by atoms with Crippen molar-refractivity contribution in [3.63, 3.8) is 0 Å². The number of aliphatic hydroxyl groups excluding tert-OH is 1. The van der Waals surface area contributed by atoms with Crippen LogP contribution in [0.1, 0.15) is 226 Å². The highest BCUT2D eigenvalue weighted by atomic mass is 31.2. The maximum absolute atomic E-state index is 12.6. The van der Waals surface area contributed by atoms with Gasteiger partial charge in [-0.3, -0.25) is 9.32 Å². The van der Waals surface area contributed by atoms with Gasteiger partial charge in [-0.15, -0.1) is 0 Å². The summed E-state index contributed by atoms with van der Waals surface area (Å²) in [6.45, 7) is 4.13. The molecule has 0 spiro atoms. The van der Waals surface area contributed by atoms with Crippen molar-refractivity contribution >= 4 is 13.7 Å². The number of carbonyl (C=O) groups excluding carboxylic acids is 1. The summed E-state index contributed by atoms with van der Waals surface area (Å²) in [7, 11) is -4.68. The van der Waals surface area contributed by atoms with Crippen LogP contribution in [0.25, 0.3) is 0 Å². The van der Waals surface area contributed by atoms with Crippen LogP contribution in [0.15, 0.2) is 0 Å². The fraction of sp³-hybridized carbons (Fsp3) is 0.974. The van der Waals surface area contributed by atoms with E-state index in [1.165, 1.54) is 161 Å². The van der Waals surface area contributed by atoms with Crippen LogP contribution in [-0.4, -0.2) is 39.6 Å². The molecule has 0 saturated heterocycles. The Bertz CT molecular complexity index is 703. The van der Waals surface area contributed by atoms with E-state index in [4.69, 9.17) is 9.79 Å². The maximum Gasteiger partial charge on any atom is 0.469 e. The van der Waals surface area contributed by atoms with Gasteiger partial charge in [0.2, 0.25) is 5.91 Å². The summed E-state index contributed by atoms with van der Waals surface area (Å²) in [6.07, 6.45) is 39.4. The first-order valence-electron chi connectivity index (χ1n) is 20.5. The standard InChI is InChI=1S/C39H80NO6P/c1-3-5-7-9-11-13-15-17-18-19-20-21-22-23-25-27-29-31-33-35-39(42)40-37(36-46-47(43,44)45)38(41)34-32-30-28-26-24-16-14-12-10-8-6-4-2/h37-38,41H,3-36H2,1-2H3,(H,40,42)(H2,43,44,45)/t37-,38+/m0/s1. The number of rotatable bonds is 38. The third-order valence-electron chi connectivity index (χ3n) is 9.59. The number of carbonyl (C=O) groups is 1. The topological polar surface area (TPSA) is 116 Å². The first-order chi connectivity index (χ1) is 22.8. The number of phosphoric acid groups is 1. The molecule has 282 valence electrons. The van der Waals surface area contributed by atoms with E-state index in [0.29, 0.717) is 12.8 Å². The van der Waals surface area contributed by atoms with E-state index in [-0.39, 0.29) is 5.91 Å². The third kappa shape index (κ3) is 36.6. The lowest BCUT2D eigenvalue weighted by Crippen LogP contribution is -2.46. The lowest BCUT2D eigenvalue weighted by Gasteiger charge is -2.24. The average molecular weight is 690 g/mol. The maximum atomic E-state index is 12.6. The number of unbranched alkanes of at least 4 members (excludes halogenated alkanes) is 29. The zero-order valence-corrected chi connectivity index (χ0v) is 32.1. The van der Waals surface area contributed by atoms with E-state index < -0.39 is 26.6 Å². The van der Waals surface area contributed by atoms with Gasteiger partial charge >= 0.3 is 7.82 Å². The van der Waals surface area contributed by atoms with Crippen LogP contribution in [-0.2, 0) is 13.9 Å². The fourth-order valence-electron chi connectivity index (χ4n) is 6.46. The monoisotopic (exact) mass is 690 g/mol. The number of nitrogens with one attached hydrogen (secondary N) is 1. The molecule has 0 aliphatic heterocycles. The summed E-state index contributed by atoms with van der Waals surface area (Å²) < 4.78 is 15.9. The Hall–Kier alpha value is -0.460.